The van der Waals surface area contributed by atoms with Gasteiger partial charge in [-0.15, -0.1) is 0 Å². The third kappa shape index (κ3) is 2.71. The number of hydrogen-bond acceptors (Lipinski definition) is 3. The van der Waals surface area contributed by atoms with Crippen molar-refractivity contribution in [3.63, 3.8) is 0 Å². The largest absolute Gasteiger partial charge is 0.464 e. The highest BCUT2D eigenvalue weighted by Crippen LogP contribution is 2.37. The Labute approximate surface area is 191 Å². The Morgan fingerprint density at radius 3 is 2.39 bits per heavy atom. The van der Waals surface area contributed by atoms with Gasteiger partial charge in [-0.1, -0.05) is 48.5 Å². The van der Waals surface area contributed by atoms with Crippen molar-refractivity contribution < 1.29 is 4.42 Å². The van der Waals surface area contributed by atoms with E-state index in [1.807, 2.05) is 18.3 Å². The highest BCUT2D eigenvalue weighted by molar-refractivity contribution is 6.19. The fraction of sp³-hybridized carbons (Fsp3) is 0.0345. The Hall–Kier alpha value is -4.44. The van der Waals surface area contributed by atoms with Crippen LogP contribution in [0.1, 0.15) is 11.7 Å². The van der Waals surface area contributed by atoms with Crippen molar-refractivity contribution in [2.24, 2.45) is 0 Å². The summed E-state index contributed by atoms with van der Waals surface area (Å²) >= 11 is 0. The predicted molar refractivity (Wildman–Crippen MR) is 134 cm³/mol. The standard InChI is InChI=1S/C29H21N3O/c1-2-6-22(7-3-1)31-18-17-30-29(31)21-10-13-23(14-11-21)32-25-9-5-4-8-24(25)27-26(32)15-12-20-16-19-33-28(20)27/h1-19,29-30H. The molecule has 4 heteroatoms. The minimum atomic E-state index is 0.0716. The minimum Gasteiger partial charge on any atom is -0.464 e. The summed E-state index contributed by atoms with van der Waals surface area (Å²) in [5.74, 6) is 0. The number of aromatic nitrogens is 1. The number of nitrogens with one attached hydrogen (secondary N) is 1. The highest BCUT2D eigenvalue weighted by atomic mass is 16.3. The van der Waals surface area contributed by atoms with Gasteiger partial charge in [0.15, 0.2) is 0 Å². The van der Waals surface area contributed by atoms with Crippen LogP contribution in [0, 0.1) is 0 Å². The van der Waals surface area contributed by atoms with Crippen molar-refractivity contribution in [1.29, 1.82) is 0 Å². The normalized spacial score (nSPS) is 15.6. The van der Waals surface area contributed by atoms with Crippen LogP contribution in [0.15, 0.2) is 120 Å². The summed E-state index contributed by atoms with van der Waals surface area (Å²) in [6.07, 6.45) is 5.94. The van der Waals surface area contributed by atoms with Crippen molar-refractivity contribution in [2.45, 2.75) is 6.17 Å². The molecule has 33 heavy (non-hydrogen) atoms. The first-order valence-electron chi connectivity index (χ1n) is 11.1. The Bertz CT molecular complexity index is 1640. The van der Waals surface area contributed by atoms with Gasteiger partial charge < -0.3 is 19.2 Å². The highest BCUT2D eigenvalue weighted by Gasteiger charge is 2.22. The molecule has 0 saturated carbocycles. The maximum absolute atomic E-state index is 5.89. The molecule has 1 unspecified atom stereocenters. The van der Waals surface area contributed by atoms with Gasteiger partial charge in [0.05, 0.1) is 22.7 Å². The first kappa shape index (κ1) is 18.2. The molecule has 1 N–H and O–H groups in total. The van der Waals surface area contributed by atoms with Crippen LogP contribution in [-0.4, -0.2) is 4.57 Å². The zero-order chi connectivity index (χ0) is 21.8. The van der Waals surface area contributed by atoms with Gasteiger partial charge in [0.25, 0.3) is 0 Å². The molecular weight excluding hydrogens is 406 g/mol. The monoisotopic (exact) mass is 427 g/mol. The second-order valence-electron chi connectivity index (χ2n) is 8.37. The molecular formula is C29H21N3O. The molecule has 3 heterocycles. The molecule has 0 spiro atoms. The second kappa shape index (κ2) is 7.04. The maximum Gasteiger partial charge on any atom is 0.143 e. The molecule has 6 aromatic rings. The summed E-state index contributed by atoms with van der Waals surface area (Å²) < 4.78 is 8.22. The molecule has 4 aromatic carbocycles. The SMILES string of the molecule is C1=CN(c2ccccc2)C(c2ccc(-n3c4ccccc4c4c5occc5ccc43)cc2)N1. The number of benzene rings is 4. The number of rotatable bonds is 3. The Balaban J connectivity index is 1.35. The van der Waals surface area contributed by atoms with Crippen molar-refractivity contribution in [3.8, 4) is 5.69 Å². The van der Waals surface area contributed by atoms with Crippen LogP contribution in [0.3, 0.4) is 0 Å². The van der Waals surface area contributed by atoms with Gasteiger partial charge in [-0.3, -0.25) is 0 Å². The van der Waals surface area contributed by atoms with Gasteiger partial charge in [0, 0.05) is 34.5 Å². The van der Waals surface area contributed by atoms with Crippen LogP contribution >= 0.6 is 0 Å². The van der Waals surface area contributed by atoms with E-state index in [0.29, 0.717) is 0 Å². The summed E-state index contributed by atoms with van der Waals surface area (Å²) in [4.78, 5) is 2.25. The van der Waals surface area contributed by atoms with Gasteiger partial charge in [0.2, 0.25) is 0 Å². The number of furan rings is 1. The fourth-order valence-corrected chi connectivity index (χ4v) is 5.04. The molecule has 1 aliphatic heterocycles. The summed E-state index contributed by atoms with van der Waals surface area (Å²) in [6.45, 7) is 0. The van der Waals surface area contributed by atoms with E-state index < -0.39 is 0 Å². The molecule has 0 radical (unpaired) electrons. The molecule has 0 fully saturated rings. The van der Waals surface area contributed by atoms with Gasteiger partial charge in [-0.25, -0.2) is 0 Å². The number of fused-ring (bicyclic) bond motifs is 5. The zero-order valence-corrected chi connectivity index (χ0v) is 17.8. The van der Waals surface area contributed by atoms with E-state index in [4.69, 9.17) is 4.42 Å². The van der Waals surface area contributed by atoms with E-state index in [2.05, 4.69) is 106 Å². The summed E-state index contributed by atoms with van der Waals surface area (Å²) in [5.41, 5.74) is 6.78. The molecule has 0 saturated heterocycles. The second-order valence-corrected chi connectivity index (χ2v) is 8.37. The van der Waals surface area contributed by atoms with Gasteiger partial charge in [0.1, 0.15) is 11.7 Å². The number of para-hydroxylation sites is 2. The Kier molecular flexibility index (Phi) is 3.87. The lowest BCUT2D eigenvalue weighted by molar-refractivity contribution is 0.619. The number of anilines is 1. The van der Waals surface area contributed by atoms with E-state index in [-0.39, 0.29) is 6.17 Å². The first-order chi connectivity index (χ1) is 16.4. The topological polar surface area (TPSA) is 33.3 Å². The van der Waals surface area contributed by atoms with Gasteiger partial charge in [-0.05, 0) is 54.1 Å². The summed E-state index contributed by atoms with van der Waals surface area (Å²) in [7, 11) is 0. The van der Waals surface area contributed by atoms with Crippen molar-refractivity contribution >= 4 is 38.5 Å². The van der Waals surface area contributed by atoms with E-state index in [0.717, 1.165) is 33.2 Å². The van der Waals surface area contributed by atoms with Gasteiger partial charge in [-0.2, -0.15) is 0 Å². The zero-order valence-electron chi connectivity index (χ0n) is 17.8. The molecule has 0 bridgehead atoms. The van der Waals surface area contributed by atoms with E-state index in [9.17, 15) is 0 Å². The van der Waals surface area contributed by atoms with E-state index in [1.165, 1.54) is 16.5 Å². The molecule has 7 rings (SSSR count). The third-order valence-electron chi connectivity index (χ3n) is 6.54. The predicted octanol–water partition coefficient (Wildman–Crippen LogP) is 7.11. The maximum atomic E-state index is 5.89. The fourth-order valence-electron chi connectivity index (χ4n) is 5.04. The van der Waals surface area contributed by atoms with Crippen LogP contribution in [0.5, 0.6) is 0 Å². The lowest BCUT2D eigenvalue weighted by atomic mass is 10.1. The smallest absolute Gasteiger partial charge is 0.143 e. The van der Waals surface area contributed by atoms with Crippen molar-refractivity contribution in [1.82, 2.24) is 9.88 Å². The molecule has 1 aliphatic rings. The quantitative estimate of drug-likeness (QED) is 0.327. The summed E-state index contributed by atoms with van der Waals surface area (Å²) in [5, 5.41) is 6.97. The lowest BCUT2D eigenvalue weighted by Gasteiger charge is -2.26. The third-order valence-corrected chi connectivity index (χ3v) is 6.54. The average Bonchev–Trinajstić information content (AvgIpc) is 3.61. The number of hydrogen-bond donors (Lipinski definition) is 1. The first-order valence-corrected chi connectivity index (χ1v) is 11.1. The van der Waals surface area contributed by atoms with Crippen LogP contribution in [-0.2, 0) is 0 Å². The van der Waals surface area contributed by atoms with E-state index in [1.54, 1.807) is 6.26 Å². The van der Waals surface area contributed by atoms with Crippen molar-refractivity contribution in [2.75, 3.05) is 4.90 Å². The van der Waals surface area contributed by atoms with E-state index >= 15 is 0 Å². The Morgan fingerprint density at radius 2 is 1.52 bits per heavy atom. The molecule has 4 nitrogen and oxygen atoms in total. The van der Waals surface area contributed by atoms with Crippen molar-refractivity contribution in [3.05, 3.63) is 121 Å². The van der Waals surface area contributed by atoms with Crippen LogP contribution < -0.4 is 10.2 Å². The van der Waals surface area contributed by atoms with Crippen LogP contribution in [0.4, 0.5) is 5.69 Å². The molecule has 0 amide bonds. The van der Waals surface area contributed by atoms with Gasteiger partial charge >= 0.3 is 0 Å². The lowest BCUT2D eigenvalue weighted by Crippen LogP contribution is -2.26. The minimum absolute atomic E-state index is 0.0716. The molecule has 0 aliphatic carbocycles. The molecule has 1 atom stereocenters. The Morgan fingerprint density at radius 1 is 0.697 bits per heavy atom. The number of nitrogens with zero attached hydrogens (tertiary/aromatic N) is 2. The average molecular weight is 428 g/mol. The molecule has 2 aromatic heterocycles. The molecule has 158 valence electrons. The van der Waals surface area contributed by atoms with Crippen LogP contribution in [0.25, 0.3) is 38.5 Å². The van der Waals surface area contributed by atoms with Crippen LogP contribution in [0.2, 0.25) is 0 Å². The summed E-state index contributed by atoms with van der Waals surface area (Å²) in [6, 6.07) is 34.2.